The standard InChI is InChI=1S/C20H19N5O3/c26-25(27)19-8-6-18(7-9-19)24-15-17(14-21-23-10-12-28-13-11-23)20(22-24)16-4-2-1-3-5-16/h1-9,14-15H,10-13H2. The summed E-state index contributed by atoms with van der Waals surface area (Å²) in [5, 5.41) is 22.1. The van der Waals surface area contributed by atoms with E-state index in [-0.39, 0.29) is 5.69 Å². The Bertz CT molecular complexity index is 977. The van der Waals surface area contributed by atoms with Crippen LogP contribution in [0.3, 0.4) is 0 Å². The van der Waals surface area contributed by atoms with Crippen LogP contribution in [0.5, 0.6) is 0 Å². The highest BCUT2D eigenvalue weighted by Gasteiger charge is 2.13. The Morgan fingerprint density at radius 2 is 1.79 bits per heavy atom. The number of nitro groups is 1. The van der Waals surface area contributed by atoms with E-state index in [2.05, 4.69) is 5.10 Å². The second-order valence-electron chi connectivity index (χ2n) is 6.33. The molecule has 0 spiro atoms. The van der Waals surface area contributed by atoms with Gasteiger partial charge in [-0.05, 0) is 12.1 Å². The molecule has 28 heavy (non-hydrogen) atoms. The summed E-state index contributed by atoms with van der Waals surface area (Å²) in [6.45, 7) is 2.86. The predicted octanol–water partition coefficient (Wildman–Crippen LogP) is 3.11. The van der Waals surface area contributed by atoms with Gasteiger partial charge in [0.15, 0.2) is 0 Å². The van der Waals surface area contributed by atoms with Crippen LogP contribution in [0, 0.1) is 10.1 Å². The lowest BCUT2D eigenvalue weighted by Crippen LogP contribution is -2.32. The molecule has 0 saturated carbocycles. The molecule has 0 unspecified atom stereocenters. The normalized spacial score (nSPS) is 14.5. The number of rotatable bonds is 5. The quantitative estimate of drug-likeness (QED) is 0.387. The Hall–Kier alpha value is -3.52. The van der Waals surface area contributed by atoms with Gasteiger partial charge in [0.2, 0.25) is 0 Å². The molecule has 1 aliphatic rings. The Balaban J connectivity index is 1.69. The van der Waals surface area contributed by atoms with Gasteiger partial charge in [-0.2, -0.15) is 10.2 Å². The Morgan fingerprint density at radius 3 is 2.46 bits per heavy atom. The number of benzene rings is 2. The maximum atomic E-state index is 10.9. The van der Waals surface area contributed by atoms with Gasteiger partial charge in [0.25, 0.3) is 5.69 Å². The Kier molecular flexibility index (Phi) is 5.11. The molecule has 1 aromatic heterocycles. The van der Waals surface area contributed by atoms with Crippen LogP contribution in [0.1, 0.15) is 5.56 Å². The lowest BCUT2D eigenvalue weighted by atomic mass is 10.1. The maximum absolute atomic E-state index is 10.9. The summed E-state index contributed by atoms with van der Waals surface area (Å²) >= 11 is 0. The number of nitro benzene ring substituents is 1. The summed E-state index contributed by atoms with van der Waals surface area (Å²) in [4.78, 5) is 10.5. The monoisotopic (exact) mass is 377 g/mol. The molecule has 2 heterocycles. The van der Waals surface area contributed by atoms with E-state index in [4.69, 9.17) is 9.84 Å². The summed E-state index contributed by atoms with van der Waals surface area (Å²) in [6, 6.07) is 16.2. The summed E-state index contributed by atoms with van der Waals surface area (Å²) in [6.07, 6.45) is 3.69. The van der Waals surface area contributed by atoms with Gasteiger partial charge in [-0.1, -0.05) is 30.3 Å². The number of morpholine rings is 1. The van der Waals surface area contributed by atoms with E-state index >= 15 is 0 Å². The fourth-order valence-electron chi connectivity index (χ4n) is 2.97. The zero-order valence-electron chi connectivity index (χ0n) is 15.1. The van der Waals surface area contributed by atoms with Gasteiger partial charge in [0.1, 0.15) is 5.69 Å². The summed E-state index contributed by atoms with van der Waals surface area (Å²) in [5.41, 5.74) is 3.45. The van der Waals surface area contributed by atoms with Crippen molar-refractivity contribution in [2.75, 3.05) is 26.3 Å². The van der Waals surface area contributed by atoms with Crippen molar-refractivity contribution in [2.24, 2.45) is 5.10 Å². The zero-order chi connectivity index (χ0) is 19.3. The lowest BCUT2D eigenvalue weighted by Gasteiger charge is -2.23. The first kappa shape index (κ1) is 17.9. The van der Waals surface area contributed by atoms with Crippen LogP contribution in [0.15, 0.2) is 65.9 Å². The molecule has 0 radical (unpaired) electrons. The molecule has 1 aliphatic heterocycles. The minimum absolute atomic E-state index is 0.0493. The molecular formula is C20H19N5O3. The van der Waals surface area contributed by atoms with Gasteiger partial charge in [-0.3, -0.25) is 15.1 Å². The van der Waals surface area contributed by atoms with E-state index in [0.29, 0.717) is 13.2 Å². The Labute approximate surface area is 161 Å². The third-order valence-electron chi connectivity index (χ3n) is 4.46. The van der Waals surface area contributed by atoms with Crippen LogP contribution < -0.4 is 0 Å². The number of nitrogens with zero attached hydrogens (tertiary/aromatic N) is 5. The molecule has 4 rings (SSSR count). The number of ether oxygens (including phenoxy) is 1. The number of hydrazone groups is 1. The summed E-state index contributed by atoms with van der Waals surface area (Å²) < 4.78 is 7.07. The molecule has 8 heteroatoms. The van der Waals surface area contributed by atoms with Gasteiger partial charge < -0.3 is 4.74 Å². The highest BCUT2D eigenvalue weighted by Crippen LogP contribution is 2.23. The molecule has 0 atom stereocenters. The summed E-state index contributed by atoms with van der Waals surface area (Å²) in [5.74, 6) is 0. The van der Waals surface area contributed by atoms with Crippen LogP contribution in [0.4, 0.5) is 5.69 Å². The highest BCUT2D eigenvalue weighted by atomic mass is 16.6. The fraction of sp³-hybridized carbons (Fsp3) is 0.200. The molecule has 1 saturated heterocycles. The molecule has 0 bridgehead atoms. The molecule has 8 nitrogen and oxygen atoms in total. The van der Waals surface area contributed by atoms with Crippen molar-refractivity contribution in [1.82, 2.24) is 14.8 Å². The van der Waals surface area contributed by atoms with E-state index in [1.165, 1.54) is 12.1 Å². The molecule has 2 aromatic carbocycles. The minimum Gasteiger partial charge on any atom is -0.378 e. The number of hydrogen-bond donors (Lipinski definition) is 0. The molecule has 3 aromatic rings. The van der Waals surface area contributed by atoms with E-state index in [0.717, 1.165) is 35.6 Å². The largest absolute Gasteiger partial charge is 0.378 e. The molecular weight excluding hydrogens is 358 g/mol. The van der Waals surface area contributed by atoms with Crippen molar-refractivity contribution in [3.05, 3.63) is 76.5 Å². The second kappa shape index (κ2) is 8.01. The first-order chi connectivity index (χ1) is 13.7. The van der Waals surface area contributed by atoms with E-state index in [1.54, 1.807) is 16.8 Å². The first-order valence-electron chi connectivity index (χ1n) is 8.97. The van der Waals surface area contributed by atoms with Gasteiger partial charge in [0, 0.05) is 29.5 Å². The molecule has 0 N–H and O–H groups in total. The topological polar surface area (TPSA) is 85.8 Å². The van der Waals surface area contributed by atoms with Crippen LogP contribution in [0.25, 0.3) is 16.9 Å². The van der Waals surface area contributed by atoms with E-state index in [1.807, 2.05) is 47.8 Å². The SMILES string of the molecule is O=[N+]([O-])c1ccc(-n2cc(C=NN3CCOCC3)c(-c3ccccc3)n2)cc1. The lowest BCUT2D eigenvalue weighted by molar-refractivity contribution is -0.384. The maximum Gasteiger partial charge on any atom is 0.269 e. The van der Waals surface area contributed by atoms with Crippen LogP contribution in [-0.2, 0) is 4.74 Å². The van der Waals surface area contributed by atoms with Crippen molar-refractivity contribution < 1.29 is 9.66 Å². The van der Waals surface area contributed by atoms with Gasteiger partial charge in [-0.15, -0.1) is 0 Å². The van der Waals surface area contributed by atoms with Crippen molar-refractivity contribution in [3.63, 3.8) is 0 Å². The third kappa shape index (κ3) is 3.91. The highest BCUT2D eigenvalue weighted by molar-refractivity contribution is 5.88. The third-order valence-corrected chi connectivity index (χ3v) is 4.46. The van der Waals surface area contributed by atoms with Crippen molar-refractivity contribution in [3.8, 4) is 16.9 Å². The molecule has 0 amide bonds. The predicted molar refractivity (Wildman–Crippen MR) is 106 cm³/mol. The van der Waals surface area contributed by atoms with Crippen molar-refractivity contribution >= 4 is 11.9 Å². The summed E-state index contributed by atoms with van der Waals surface area (Å²) in [7, 11) is 0. The number of aromatic nitrogens is 2. The van der Waals surface area contributed by atoms with Crippen molar-refractivity contribution in [2.45, 2.75) is 0 Å². The van der Waals surface area contributed by atoms with Gasteiger partial charge in [0.05, 0.1) is 43.1 Å². The second-order valence-corrected chi connectivity index (χ2v) is 6.33. The Morgan fingerprint density at radius 1 is 1.07 bits per heavy atom. The smallest absolute Gasteiger partial charge is 0.269 e. The van der Waals surface area contributed by atoms with E-state index in [9.17, 15) is 10.1 Å². The number of non-ortho nitro benzene ring substituents is 1. The van der Waals surface area contributed by atoms with Crippen LogP contribution in [-0.4, -0.2) is 52.2 Å². The average molecular weight is 377 g/mol. The average Bonchev–Trinajstić information content (AvgIpc) is 3.18. The minimum atomic E-state index is -0.414. The number of hydrogen-bond acceptors (Lipinski definition) is 6. The van der Waals surface area contributed by atoms with Gasteiger partial charge in [-0.25, -0.2) is 4.68 Å². The zero-order valence-corrected chi connectivity index (χ0v) is 15.1. The molecule has 0 aliphatic carbocycles. The molecule has 142 valence electrons. The molecule has 1 fully saturated rings. The van der Waals surface area contributed by atoms with Crippen molar-refractivity contribution in [1.29, 1.82) is 0 Å². The fourth-order valence-corrected chi connectivity index (χ4v) is 2.97. The van der Waals surface area contributed by atoms with Crippen LogP contribution >= 0.6 is 0 Å². The first-order valence-corrected chi connectivity index (χ1v) is 8.97. The van der Waals surface area contributed by atoms with Crippen LogP contribution in [0.2, 0.25) is 0 Å². The van der Waals surface area contributed by atoms with Gasteiger partial charge >= 0.3 is 0 Å². The van der Waals surface area contributed by atoms with E-state index < -0.39 is 4.92 Å².